The minimum absolute atomic E-state index is 0.109. The number of sulfone groups is 1. The fraction of sp³-hybridized carbons (Fsp3) is 0.143. The normalized spacial score (nSPS) is 12.4. The van der Waals surface area contributed by atoms with Gasteiger partial charge in [-0.25, -0.2) is 8.42 Å². The van der Waals surface area contributed by atoms with Crippen LogP contribution in [0.25, 0.3) is 11.1 Å². The molecule has 0 spiro atoms. The van der Waals surface area contributed by atoms with Crippen LogP contribution < -0.4 is 5.73 Å². The molecular formula is C14H12F3NO2S. The molecule has 0 amide bonds. The molecule has 2 N–H and O–H groups in total. The van der Waals surface area contributed by atoms with Crippen molar-refractivity contribution in [1.29, 1.82) is 0 Å². The third-order valence-corrected chi connectivity index (χ3v) is 4.10. The van der Waals surface area contributed by atoms with Gasteiger partial charge < -0.3 is 5.73 Å². The summed E-state index contributed by atoms with van der Waals surface area (Å²) in [6, 6.07) is 9.22. The van der Waals surface area contributed by atoms with E-state index in [0.717, 1.165) is 12.3 Å². The highest BCUT2D eigenvalue weighted by atomic mass is 32.2. The molecule has 112 valence electrons. The highest BCUT2D eigenvalue weighted by Gasteiger charge is 2.33. The van der Waals surface area contributed by atoms with E-state index in [-0.39, 0.29) is 10.6 Å². The van der Waals surface area contributed by atoms with Gasteiger partial charge in [-0.1, -0.05) is 18.2 Å². The van der Waals surface area contributed by atoms with Crippen LogP contribution in [0.3, 0.4) is 0 Å². The summed E-state index contributed by atoms with van der Waals surface area (Å²) in [5.74, 6) is 0. The first-order valence-electron chi connectivity index (χ1n) is 5.86. The Morgan fingerprint density at radius 1 is 0.952 bits per heavy atom. The fourth-order valence-electron chi connectivity index (χ4n) is 1.88. The Bertz CT molecular complexity index is 766. The molecule has 0 atom stereocenters. The van der Waals surface area contributed by atoms with Crippen molar-refractivity contribution in [2.45, 2.75) is 11.1 Å². The van der Waals surface area contributed by atoms with Gasteiger partial charge in [-0.15, -0.1) is 0 Å². The maximum atomic E-state index is 12.8. The number of alkyl halides is 3. The van der Waals surface area contributed by atoms with Gasteiger partial charge in [-0.3, -0.25) is 0 Å². The Morgan fingerprint density at radius 3 is 1.95 bits per heavy atom. The standard InChI is InChI=1S/C14H12F3NO2S/c1-21(19,20)11-5-2-9(3-6-11)10-4-7-13(18)12(8-10)14(15,16)17/h2-8H,18H2,1H3. The summed E-state index contributed by atoms with van der Waals surface area (Å²) < 4.78 is 61.1. The predicted octanol–water partition coefficient (Wildman–Crippen LogP) is 3.36. The van der Waals surface area contributed by atoms with Gasteiger partial charge in [0.05, 0.1) is 10.5 Å². The average Bonchev–Trinajstić information content (AvgIpc) is 2.37. The number of nitrogens with two attached hydrogens (primary N) is 1. The summed E-state index contributed by atoms with van der Waals surface area (Å²) in [4.78, 5) is 0.109. The van der Waals surface area contributed by atoms with E-state index in [9.17, 15) is 21.6 Å². The van der Waals surface area contributed by atoms with E-state index in [1.807, 2.05) is 0 Å². The number of rotatable bonds is 2. The van der Waals surface area contributed by atoms with Gasteiger partial charge in [-0.05, 0) is 35.4 Å². The summed E-state index contributed by atoms with van der Waals surface area (Å²) in [7, 11) is -3.34. The molecule has 2 aromatic carbocycles. The van der Waals surface area contributed by atoms with Crippen LogP contribution in [0.5, 0.6) is 0 Å². The van der Waals surface area contributed by atoms with E-state index in [4.69, 9.17) is 5.73 Å². The van der Waals surface area contributed by atoms with E-state index in [2.05, 4.69) is 0 Å². The minimum Gasteiger partial charge on any atom is -0.398 e. The highest BCUT2D eigenvalue weighted by molar-refractivity contribution is 7.90. The van der Waals surface area contributed by atoms with Crippen molar-refractivity contribution >= 4 is 15.5 Å². The molecule has 7 heteroatoms. The van der Waals surface area contributed by atoms with Crippen LogP contribution >= 0.6 is 0 Å². The third-order valence-electron chi connectivity index (χ3n) is 2.97. The van der Waals surface area contributed by atoms with Crippen LogP contribution in [0.1, 0.15) is 5.56 Å². The van der Waals surface area contributed by atoms with Crippen molar-refractivity contribution in [3.63, 3.8) is 0 Å². The zero-order valence-electron chi connectivity index (χ0n) is 11.0. The second-order valence-electron chi connectivity index (χ2n) is 4.60. The second kappa shape index (κ2) is 5.07. The van der Waals surface area contributed by atoms with Gasteiger partial charge in [0, 0.05) is 11.9 Å². The molecule has 0 bridgehead atoms. The molecule has 0 radical (unpaired) electrons. The van der Waals surface area contributed by atoms with Crippen molar-refractivity contribution in [2.75, 3.05) is 12.0 Å². The molecule has 21 heavy (non-hydrogen) atoms. The summed E-state index contributed by atoms with van der Waals surface area (Å²) in [6.07, 6.45) is -3.47. The van der Waals surface area contributed by atoms with Crippen molar-refractivity contribution in [1.82, 2.24) is 0 Å². The van der Waals surface area contributed by atoms with Crippen molar-refractivity contribution in [2.24, 2.45) is 0 Å². The van der Waals surface area contributed by atoms with Crippen molar-refractivity contribution in [3.8, 4) is 11.1 Å². The Kier molecular flexibility index (Phi) is 3.71. The first-order valence-corrected chi connectivity index (χ1v) is 7.75. The number of hydrogen-bond acceptors (Lipinski definition) is 3. The lowest BCUT2D eigenvalue weighted by Gasteiger charge is -2.12. The molecule has 2 aromatic rings. The fourth-order valence-corrected chi connectivity index (χ4v) is 2.51. The van der Waals surface area contributed by atoms with E-state index in [0.29, 0.717) is 11.1 Å². The average molecular weight is 315 g/mol. The van der Waals surface area contributed by atoms with Crippen LogP contribution in [-0.2, 0) is 16.0 Å². The first-order chi connectivity index (χ1) is 9.59. The predicted molar refractivity (Wildman–Crippen MR) is 74.4 cm³/mol. The molecule has 2 rings (SSSR count). The van der Waals surface area contributed by atoms with E-state index < -0.39 is 21.6 Å². The number of nitrogen functional groups attached to an aromatic ring is 1. The number of benzene rings is 2. The van der Waals surface area contributed by atoms with E-state index in [1.54, 1.807) is 0 Å². The van der Waals surface area contributed by atoms with Gasteiger partial charge >= 0.3 is 6.18 Å². The molecule has 0 aromatic heterocycles. The molecular weight excluding hydrogens is 303 g/mol. The quantitative estimate of drug-likeness (QED) is 0.865. The lowest BCUT2D eigenvalue weighted by Crippen LogP contribution is -2.08. The second-order valence-corrected chi connectivity index (χ2v) is 6.61. The topological polar surface area (TPSA) is 60.2 Å². The summed E-state index contributed by atoms with van der Waals surface area (Å²) in [5.41, 5.74) is 4.87. The molecule has 0 saturated carbocycles. The minimum atomic E-state index is -4.53. The monoisotopic (exact) mass is 315 g/mol. The molecule has 0 aliphatic heterocycles. The van der Waals surface area contributed by atoms with Gasteiger partial charge in [-0.2, -0.15) is 13.2 Å². The van der Waals surface area contributed by atoms with Gasteiger partial charge in [0.1, 0.15) is 0 Å². The van der Waals surface area contributed by atoms with Crippen LogP contribution in [0.15, 0.2) is 47.4 Å². The number of hydrogen-bond donors (Lipinski definition) is 1. The zero-order valence-corrected chi connectivity index (χ0v) is 11.8. The molecule has 0 unspecified atom stereocenters. The lowest BCUT2D eigenvalue weighted by molar-refractivity contribution is -0.136. The van der Waals surface area contributed by atoms with E-state index >= 15 is 0 Å². The van der Waals surface area contributed by atoms with Crippen LogP contribution in [-0.4, -0.2) is 14.7 Å². The van der Waals surface area contributed by atoms with Crippen LogP contribution in [0.4, 0.5) is 18.9 Å². The van der Waals surface area contributed by atoms with Gasteiger partial charge in [0.25, 0.3) is 0 Å². The summed E-state index contributed by atoms with van der Waals surface area (Å²) in [6.45, 7) is 0. The summed E-state index contributed by atoms with van der Waals surface area (Å²) >= 11 is 0. The SMILES string of the molecule is CS(=O)(=O)c1ccc(-c2ccc(N)c(C(F)(F)F)c2)cc1. The molecule has 0 fully saturated rings. The highest BCUT2D eigenvalue weighted by Crippen LogP contribution is 2.36. The van der Waals surface area contributed by atoms with Gasteiger partial charge in [0.15, 0.2) is 9.84 Å². The van der Waals surface area contributed by atoms with Crippen molar-refractivity contribution < 1.29 is 21.6 Å². The summed E-state index contributed by atoms with van der Waals surface area (Å²) in [5, 5.41) is 0. The smallest absolute Gasteiger partial charge is 0.398 e. The zero-order chi connectivity index (χ0) is 15.8. The maximum absolute atomic E-state index is 12.8. The molecule has 0 aliphatic carbocycles. The Morgan fingerprint density at radius 2 is 1.48 bits per heavy atom. The van der Waals surface area contributed by atoms with E-state index in [1.165, 1.54) is 36.4 Å². The molecule has 3 nitrogen and oxygen atoms in total. The van der Waals surface area contributed by atoms with Gasteiger partial charge in [0.2, 0.25) is 0 Å². The first kappa shape index (κ1) is 15.4. The third kappa shape index (κ3) is 3.36. The molecule has 0 aliphatic rings. The Hall–Kier alpha value is -2.02. The van der Waals surface area contributed by atoms with Crippen LogP contribution in [0.2, 0.25) is 0 Å². The number of anilines is 1. The Labute approximate surface area is 120 Å². The molecule has 0 heterocycles. The van der Waals surface area contributed by atoms with Crippen LogP contribution in [0, 0.1) is 0 Å². The van der Waals surface area contributed by atoms with Crippen molar-refractivity contribution in [3.05, 3.63) is 48.0 Å². The molecule has 0 saturated heterocycles. The maximum Gasteiger partial charge on any atom is 0.418 e. The Balaban J connectivity index is 2.48. The number of halogens is 3. The lowest BCUT2D eigenvalue weighted by atomic mass is 10.0. The largest absolute Gasteiger partial charge is 0.418 e.